The zero-order valence-electron chi connectivity index (χ0n) is 18.1. The number of carbonyl (C=O) groups is 1. The fourth-order valence-corrected chi connectivity index (χ4v) is 4.51. The predicted octanol–water partition coefficient (Wildman–Crippen LogP) is 4.81. The highest BCUT2D eigenvalue weighted by atomic mass is 35.5. The molecule has 0 N–H and O–H groups in total. The van der Waals surface area contributed by atoms with Crippen molar-refractivity contribution in [2.75, 3.05) is 0 Å². The Morgan fingerprint density at radius 1 is 1.24 bits per heavy atom. The van der Waals surface area contributed by atoms with Crippen LogP contribution >= 0.6 is 11.6 Å². The molecule has 11 heteroatoms. The minimum Gasteiger partial charge on any atom is -0.463 e. The van der Waals surface area contributed by atoms with E-state index in [0.29, 0.717) is 11.3 Å². The second-order valence-corrected chi connectivity index (χ2v) is 8.75. The Labute approximate surface area is 196 Å². The van der Waals surface area contributed by atoms with Crippen LogP contribution in [0.1, 0.15) is 34.2 Å². The zero-order valence-corrected chi connectivity index (χ0v) is 18.8. The van der Waals surface area contributed by atoms with Crippen molar-refractivity contribution in [2.45, 2.75) is 39.2 Å². The number of halogens is 4. The Hall–Kier alpha value is -3.53. The molecule has 1 amide bonds. The molecule has 34 heavy (non-hydrogen) atoms. The maximum Gasteiger partial charge on any atom is 0.420 e. The van der Waals surface area contributed by atoms with Gasteiger partial charge in [-0.25, -0.2) is 4.98 Å². The second-order valence-electron chi connectivity index (χ2n) is 8.31. The number of alkyl halides is 3. The topological polar surface area (TPSA) is 73.3 Å². The molecule has 1 aliphatic rings. The van der Waals surface area contributed by atoms with Gasteiger partial charge < -0.3 is 18.5 Å². The van der Waals surface area contributed by atoms with Crippen molar-refractivity contribution in [3.63, 3.8) is 0 Å². The average Bonchev–Trinajstić information content (AvgIpc) is 3.36. The van der Waals surface area contributed by atoms with E-state index >= 15 is 0 Å². The largest absolute Gasteiger partial charge is 0.463 e. The fraction of sp³-hybridized carbons (Fsp3) is 0.261. The molecule has 0 saturated carbocycles. The number of carbonyl (C=O) groups excluding carboxylic acids is 1. The number of nitrogens with zero attached hydrogens (tertiary/aromatic N) is 4. The van der Waals surface area contributed by atoms with Crippen LogP contribution in [0, 0.1) is 6.92 Å². The van der Waals surface area contributed by atoms with Gasteiger partial charge in [0.1, 0.15) is 22.5 Å². The van der Waals surface area contributed by atoms with E-state index in [9.17, 15) is 22.8 Å². The summed E-state index contributed by atoms with van der Waals surface area (Å²) < 4.78 is 48.6. The Morgan fingerprint density at radius 2 is 2.00 bits per heavy atom. The molecule has 0 fully saturated rings. The van der Waals surface area contributed by atoms with Crippen molar-refractivity contribution in [1.29, 1.82) is 0 Å². The molecule has 0 bridgehead atoms. The summed E-state index contributed by atoms with van der Waals surface area (Å²) in [5.74, 6) is -0.406. The molecule has 7 nitrogen and oxygen atoms in total. The molecule has 1 atom stereocenters. The molecule has 0 aliphatic carbocycles. The number of fused-ring (bicyclic) bond motifs is 2. The van der Waals surface area contributed by atoms with Crippen LogP contribution in [0.5, 0.6) is 0 Å². The summed E-state index contributed by atoms with van der Waals surface area (Å²) in [7, 11) is 0. The van der Waals surface area contributed by atoms with Gasteiger partial charge in [-0.2, -0.15) is 13.2 Å². The monoisotopic (exact) mass is 490 g/mol. The molecule has 0 spiro atoms. The van der Waals surface area contributed by atoms with Gasteiger partial charge in [-0.3, -0.25) is 9.59 Å². The van der Waals surface area contributed by atoms with Crippen LogP contribution in [0.2, 0.25) is 5.02 Å². The van der Waals surface area contributed by atoms with Crippen molar-refractivity contribution >= 4 is 28.5 Å². The lowest BCUT2D eigenvalue weighted by molar-refractivity contribution is -0.136. The molecular weight excluding hydrogens is 473 g/mol. The predicted molar refractivity (Wildman–Crippen MR) is 118 cm³/mol. The minimum absolute atomic E-state index is 0.00129. The summed E-state index contributed by atoms with van der Waals surface area (Å²) in [6, 6.07) is 4.93. The number of amides is 1. The fourth-order valence-electron chi connectivity index (χ4n) is 4.29. The van der Waals surface area contributed by atoms with E-state index < -0.39 is 23.7 Å². The van der Waals surface area contributed by atoms with Crippen molar-refractivity contribution in [1.82, 2.24) is 19.0 Å². The summed E-state index contributed by atoms with van der Waals surface area (Å²) in [6.45, 7) is 3.81. The van der Waals surface area contributed by atoms with E-state index in [1.165, 1.54) is 28.1 Å². The number of aryl methyl sites for hydroxylation is 1. The molecular formula is C23H18ClF3N4O3. The molecule has 0 unspecified atom stereocenters. The lowest BCUT2D eigenvalue weighted by Crippen LogP contribution is -2.49. The van der Waals surface area contributed by atoms with Gasteiger partial charge in [0, 0.05) is 34.8 Å². The van der Waals surface area contributed by atoms with Crippen LogP contribution in [0.25, 0.3) is 16.7 Å². The number of pyridine rings is 1. The lowest BCUT2D eigenvalue weighted by Gasteiger charge is -2.35. The highest BCUT2D eigenvalue weighted by Crippen LogP contribution is 2.39. The van der Waals surface area contributed by atoms with Crippen LogP contribution < -0.4 is 5.56 Å². The number of hydrogen-bond donors (Lipinski definition) is 0. The molecule has 1 aliphatic heterocycles. The van der Waals surface area contributed by atoms with Crippen molar-refractivity contribution in [2.24, 2.45) is 0 Å². The van der Waals surface area contributed by atoms with Crippen molar-refractivity contribution in [3.8, 4) is 5.69 Å². The van der Waals surface area contributed by atoms with Gasteiger partial charge in [-0.05, 0) is 38.1 Å². The molecule has 5 rings (SSSR count). The Kier molecular flexibility index (Phi) is 5.09. The number of benzene rings is 1. The molecule has 3 aromatic heterocycles. The van der Waals surface area contributed by atoms with Crippen LogP contribution in [-0.2, 0) is 19.3 Å². The summed E-state index contributed by atoms with van der Waals surface area (Å²) in [4.78, 5) is 32.0. The normalized spacial score (nSPS) is 16.4. The van der Waals surface area contributed by atoms with Crippen LogP contribution in [0.4, 0.5) is 13.2 Å². The van der Waals surface area contributed by atoms with E-state index in [4.69, 9.17) is 16.0 Å². The number of furan rings is 1. The highest BCUT2D eigenvalue weighted by molar-refractivity contribution is 6.31. The molecule has 4 aromatic rings. The SMILES string of the molecule is Cc1cn(-c2ccc3n(c2=O)C[C@@H](C)N(Cc2coc4c(C(F)(F)F)cc(Cl)cc24)C3=O)cn1. The van der Waals surface area contributed by atoms with E-state index in [1.54, 1.807) is 36.7 Å². The van der Waals surface area contributed by atoms with Gasteiger partial charge in [0.15, 0.2) is 0 Å². The van der Waals surface area contributed by atoms with Crippen molar-refractivity contribution in [3.05, 3.63) is 80.9 Å². The number of hydrogen-bond acceptors (Lipinski definition) is 4. The van der Waals surface area contributed by atoms with E-state index in [1.807, 2.05) is 0 Å². The van der Waals surface area contributed by atoms with Crippen LogP contribution in [0.15, 0.2) is 52.3 Å². The number of aromatic nitrogens is 3. The maximum absolute atomic E-state index is 13.4. The van der Waals surface area contributed by atoms with Gasteiger partial charge in [-0.1, -0.05) is 11.6 Å². The summed E-state index contributed by atoms with van der Waals surface area (Å²) in [6.07, 6.45) is -0.182. The first kappa shape index (κ1) is 22.3. The molecule has 1 aromatic carbocycles. The Morgan fingerprint density at radius 3 is 2.68 bits per heavy atom. The first-order valence-corrected chi connectivity index (χ1v) is 10.7. The van der Waals surface area contributed by atoms with Crippen LogP contribution in [0.3, 0.4) is 0 Å². The summed E-state index contributed by atoms with van der Waals surface area (Å²) in [5.41, 5.74) is 0.0752. The van der Waals surface area contributed by atoms with Gasteiger partial charge in [-0.15, -0.1) is 0 Å². The third-order valence-corrected chi connectivity index (χ3v) is 6.19. The van der Waals surface area contributed by atoms with Gasteiger partial charge in [0.2, 0.25) is 0 Å². The van der Waals surface area contributed by atoms with E-state index in [0.717, 1.165) is 11.8 Å². The quantitative estimate of drug-likeness (QED) is 0.413. The highest BCUT2D eigenvalue weighted by Gasteiger charge is 2.36. The lowest BCUT2D eigenvalue weighted by atomic mass is 10.1. The zero-order chi connectivity index (χ0) is 24.4. The summed E-state index contributed by atoms with van der Waals surface area (Å²) >= 11 is 5.94. The Balaban J connectivity index is 1.52. The van der Waals surface area contributed by atoms with Crippen LogP contribution in [-0.4, -0.2) is 31.0 Å². The first-order chi connectivity index (χ1) is 16.0. The van der Waals surface area contributed by atoms with Gasteiger partial charge in [0.05, 0.1) is 24.8 Å². The van der Waals surface area contributed by atoms with E-state index in [-0.39, 0.29) is 40.3 Å². The van der Waals surface area contributed by atoms with Gasteiger partial charge >= 0.3 is 6.18 Å². The number of imidazole rings is 1. The second kappa shape index (κ2) is 7.76. The molecule has 176 valence electrons. The third-order valence-electron chi connectivity index (χ3n) is 5.97. The maximum atomic E-state index is 13.4. The van der Waals surface area contributed by atoms with Gasteiger partial charge in [0.25, 0.3) is 11.5 Å². The third kappa shape index (κ3) is 3.58. The first-order valence-electron chi connectivity index (χ1n) is 10.4. The molecule has 0 radical (unpaired) electrons. The Bertz CT molecular complexity index is 1500. The van der Waals surface area contributed by atoms with E-state index in [2.05, 4.69) is 4.98 Å². The minimum atomic E-state index is -4.64. The van der Waals surface area contributed by atoms with Crippen molar-refractivity contribution < 1.29 is 22.4 Å². The average molecular weight is 491 g/mol. The molecule has 4 heterocycles. The smallest absolute Gasteiger partial charge is 0.420 e. The number of rotatable bonds is 3. The molecule has 0 saturated heterocycles. The standard InChI is InChI=1S/C23H18ClF3N4O3/c1-12-7-29(11-28-12)18-3-4-19-22(33)30(13(2)8-31(19)21(18)32)9-14-10-34-20-16(14)5-15(24)6-17(20)23(25,26)27/h3-7,10-11,13H,8-9H2,1-2H3/t13-/m1/s1. The summed E-state index contributed by atoms with van der Waals surface area (Å²) in [5, 5.41) is 0.105.